The number of nitrogen functional groups attached to an aromatic ring is 1. The molecule has 0 radical (unpaired) electrons. The molecular weight excluding hydrogens is 530 g/mol. The van der Waals surface area contributed by atoms with Crippen LogP contribution < -0.4 is 5.73 Å². The first kappa shape index (κ1) is 28.5. The number of benzene rings is 7. The predicted octanol–water partition coefficient (Wildman–Crippen LogP) is 11.2. The van der Waals surface area contributed by atoms with Gasteiger partial charge in [0.2, 0.25) is 0 Å². The van der Waals surface area contributed by atoms with Gasteiger partial charge in [0, 0.05) is 17.7 Å². The summed E-state index contributed by atoms with van der Waals surface area (Å²) in [4.78, 5) is 0. The van der Waals surface area contributed by atoms with Gasteiger partial charge >= 0.3 is 0 Å². The average molecular weight is 566 g/mol. The van der Waals surface area contributed by atoms with Crippen LogP contribution in [0.25, 0.3) is 44.5 Å². The fourth-order valence-corrected chi connectivity index (χ4v) is 5.61. The van der Waals surface area contributed by atoms with Crippen molar-refractivity contribution in [1.29, 1.82) is 0 Å². The van der Waals surface area contributed by atoms with Gasteiger partial charge in [-0.2, -0.15) is 0 Å². The van der Waals surface area contributed by atoms with Crippen molar-refractivity contribution in [3.8, 4) is 44.5 Å². The highest BCUT2D eigenvalue weighted by molar-refractivity contribution is 5.89. The first-order valence-corrected chi connectivity index (χ1v) is 15.0. The zero-order chi connectivity index (χ0) is 30.0. The number of nitrogens with two attached hydrogens (primary N) is 1. The first-order chi connectivity index (χ1) is 21.8. The molecule has 44 heavy (non-hydrogen) atoms. The van der Waals surface area contributed by atoms with E-state index >= 15 is 0 Å². The topological polar surface area (TPSA) is 26.0 Å². The average Bonchev–Trinajstić information content (AvgIpc) is 3.51. The van der Waals surface area contributed by atoms with Crippen molar-refractivity contribution in [3.63, 3.8) is 0 Å². The van der Waals surface area contributed by atoms with E-state index in [4.69, 9.17) is 5.73 Å². The summed E-state index contributed by atoms with van der Waals surface area (Å²) in [5.41, 5.74) is 20.0. The van der Waals surface area contributed by atoms with Gasteiger partial charge in [0.1, 0.15) is 0 Å². The normalized spacial score (nSPS) is 10.7. The number of hydrogen-bond acceptors (Lipinski definition) is 1. The van der Waals surface area contributed by atoms with E-state index in [0.717, 1.165) is 17.7 Å². The van der Waals surface area contributed by atoms with Crippen LogP contribution in [0.15, 0.2) is 188 Å². The van der Waals surface area contributed by atoms with Crippen LogP contribution in [0.5, 0.6) is 0 Å². The van der Waals surface area contributed by atoms with Crippen LogP contribution in [0.1, 0.15) is 11.1 Å². The molecule has 0 heterocycles. The maximum Gasteiger partial charge on any atom is 0.0435 e. The minimum absolute atomic E-state index is 0.908. The fraction of sp³-hybridized carbons (Fsp3) is 0.0233. The molecule has 0 aliphatic heterocycles. The SMILES string of the molecule is Nc1c(-c2ccc(-c3ccccc3)cc2)ccc2c1Cc1ccccc1-2.c1ccc(-c2ccccc2)cc1.c1ccccc1. The maximum absolute atomic E-state index is 6.60. The van der Waals surface area contributed by atoms with Gasteiger partial charge in [-0.1, -0.05) is 188 Å². The van der Waals surface area contributed by atoms with Gasteiger partial charge in [-0.05, 0) is 50.1 Å². The molecule has 8 rings (SSSR count). The summed E-state index contributed by atoms with van der Waals surface area (Å²) in [7, 11) is 0. The Kier molecular flexibility index (Phi) is 9.06. The molecule has 0 bridgehead atoms. The highest BCUT2D eigenvalue weighted by Crippen LogP contribution is 2.43. The Morgan fingerprint density at radius 2 is 0.659 bits per heavy atom. The third-order valence-electron chi connectivity index (χ3n) is 7.88. The molecule has 1 nitrogen and oxygen atoms in total. The molecule has 0 saturated heterocycles. The van der Waals surface area contributed by atoms with Crippen LogP contribution in [0.2, 0.25) is 0 Å². The Morgan fingerprint density at radius 3 is 1.16 bits per heavy atom. The molecule has 2 N–H and O–H groups in total. The molecule has 0 fully saturated rings. The standard InChI is InChI=1S/C25H19N.C12H10.C6H6/c26-25-22(14-15-23-21-9-5-4-8-20(21)16-24(23)25)19-12-10-18(11-13-19)17-6-2-1-3-7-17;1-3-7-11(8-4-1)12-9-5-2-6-10-12;1-2-4-6-5-3-1/h1-15H,16,26H2;1-10H;1-6H. The van der Waals surface area contributed by atoms with Gasteiger partial charge < -0.3 is 5.73 Å². The Morgan fingerprint density at radius 1 is 0.295 bits per heavy atom. The zero-order valence-electron chi connectivity index (χ0n) is 24.7. The second-order valence-electron chi connectivity index (χ2n) is 10.7. The molecule has 7 aromatic rings. The second kappa shape index (κ2) is 14.0. The molecule has 1 heteroatoms. The quantitative estimate of drug-likeness (QED) is 0.212. The third-order valence-corrected chi connectivity index (χ3v) is 7.88. The number of hydrogen-bond donors (Lipinski definition) is 1. The van der Waals surface area contributed by atoms with Gasteiger partial charge in [-0.3, -0.25) is 0 Å². The summed E-state index contributed by atoms with van der Waals surface area (Å²) >= 11 is 0. The zero-order valence-corrected chi connectivity index (χ0v) is 24.7. The van der Waals surface area contributed by atoms with Crippen molar-refractivity contribution in [2.45, 2.75) is 6.42 Å². The molecule has 1 aliphatic rings. The monoisotopic (exact) mass is 565 g/mol. The summed E-state index contributed by atoms with van der Waals surface area (Å²) < 4.78 is 0. The van der Waals surface area contributed by atoms with E-state index < -0.39 is 0 Å². The lowest BCUT2D eigenvalue weighted by Gasteiger charge is -2.12. The van der Waals surface area contributed by atoms with Crippen molar-refractivity contribution in [3.05, 3.63) is 199 Å². The van der Waals surface area contributed by atoms with E-state index in [1.165, 1.54) is 50.1 Å². The van der Waals surface area contributed by atoms with Crippen LogP contribution in [-0.2, 0) is 6.42 Å². The van der Waals surface area contributed by atoms with Gasteiger partial charge in [0.15, 0.2) is 0 Å². The smallest absolute Gasteiger partial charge is 0.0435 e. The fourth-order valence-electron chi connectivity index (χ4n) is 5.61. The molecule has 1 aliphatic carbocycles. The first-order valence-electron chi connectivity index (χ1n) is 15.0. The summed E-state index contributed by atoms with van der Waals surface area (Å²) in [5.74, 6) is 0. The van der Waals surface area contributed by atoms with Crippen LogP contribution in [0.4, 0.5) is 5.69 Å². The highest BCUT2D eigenvalue weighted by atomic mass is 14.6. The second-order valence-corrected chi connectivity index (χ2v) is 10.7. The highest BCUT2D eigenvalue weighted by Gasteiger charge is 2.21. The Bertz CT molecular complexity index is 1830. The molecule has 0 saturated carbocycles. The Labute approximate surface area is 260 Å². The molecule has 212 valence electrons. The summed E-state index contributed by atoms with van der Waals surface area (Å²) in [6, 6.07) is 64.9. The lowest BCUT2D eigenvalue weighted by atomic mass is 9.95. The molecule has 0 unspecified atom stereocenters. The lowest BCUT2D eigenvalue weighted by Crippen LogP contribution is -1.96. The van der Waals surface area contributed by atoms with E-state index in [-0.39, 0.29) is 0 Å². The molecule has 0 spiro atoms. The van der Waals surface area contributed by atoms with Crippen LogP contribution in [-0.4, -0.2) is 0 Å². The van der Waals surface area contributed by atoms with E-state index in [2.05, 4.69) is 133 Å². The van der Waals surface area contributed by atoms with E-state index in [1.54, 1.807) is 0 Å². The van der Waals surface area contributed by atoms with Crippen LogP contribution in [0.3, 0.4) is 0 Å². The van der Waals surface area contributed by atoms with Crippen LogP contribution >= 0.6 is 0 Å². The molecule has 7 aromatic carbocycles. The maximum atomic E-state index is 6.60. The largest absolute Gasteiger partial charge is 0.398 e. The van der Waals surface area contributed by atoms with Crippen molar-refractivity contribution < 1.29 is 0 Å². The predicted molar refractivity (Wildman–Crippen MR) is 188 cm³/mol. The lowest BCUT2D eigenvalue weighted by molar-refractivity contribution is 1.27. The van der Waals surface area contributed by atoms with Crippen molar-refractivity contribution in [1.82, 2.24) is 0 Å². The molecule has 0 amide bonds. The van der Waals surface area contributed by atoms with Crippen LogP contribution in [0, 0.1) is 0 Å². The van der Waals surface area contributed by atoms with E-state index in [0.29, 0.717) is 0 Å². The van der Waals surface area contributed by atoms with Gasteiger partial charge in [0.05, 0.1) is 0 Å². The molecule has 0 aromatic heterocycles. The van der Waals surface area contributed by atoms with Gasteiger partial charge in [-0.25, -0.2) is 0 Å². The van der Waals surface area contributed by atoms with Gasteiger partial charge in [0.25, 0.3) is 0 Å². The third kappa shape index (κ3) is 6.69. The molecular formula is C43H35N. The Hall–Kier alpha value is -5.66. The van der Waals surface area contributed by atoms with Crippen molar-refractivity contribution in [2.75, 3.05) is 5.73 Å². The summed E-state index contributed by atoms with van der Waals surface area (Å²) in [6.07, 6.45) is 0.924. The van der Waals surface area contributed by atoms with Crippen molar-refractivity contribution >= 4 is 5.69 Å². The Balaban J connectivity index is 0.000000156. The summed E-state index contributed by atoms with van der Waals surface area (Å²) in [5, 5.41) is 0. The number of anilines is 1. The van der Waals surface area contributed by atoms with E-state index in [9.17, 15) is 0 Å². The van der Waals surface area contributed by atoms with E-state index in [1.807, 2.05) is 54.6 Å². The number of fused-ring (bicyclic) bond motifs is 3. The van der Waals surface area contributed by atoms with Gasteiger partial charge in [-0.15, -0.1) is 0 Å². The summed E-state index contributed by atoms with van der Waals surface area (Å²) in [6.45, 7) is 0. The minimum atomic E-state index is 0.908. The minimum Gasteiger partial charge on any atom is -0.398 e. The molecule has 0 atom stereocenters. The van der Waals surface area contributed by atoms with Crippen molar-refractivity contribution in [2.24, 2.45) is 0 Å². The number of rotatable bonds is 3.